The van der Waals surface area contributed by atoms with Crippen molar-refractivity contribution in [3.05, 3.63) is 54.0 Å². The van der Waals surface area contributed by atoms with Crippen LogP contribution in [0.25, 0.3) is 5.69 Å². The van der Waals surface area contributed by atoms with E-state index in [4.69, 9.17) is 14.2 Å². The molecule has 246 valence electrons. The molecule has 1 fully saturated rings. The van der Waals surface area contributed by atoms with Crippen molar-refractivity contribution in [3.63, 3.8) is 0 Å². The largest absolute Gasteiger partial charge is 0.481 e. The van der Waals surface area contributed by atoms with Gasteiger partial charge in [0.1, 0.15) is 18.5 Å². The summed E-state index contributed by atoms with van der Waals surface area (Å²) in [5.41, 5.74) is -0.0884. The van der Waals surface area contributed by atoms with Gasteiger partial charge < -0.3 is 29.5 Å². The van der Waals surface area contributed by atoms with Crippen LogP contribution in [-0.2, 0) is 14.4 Å². The quantitative estimate of drug-likeness (QED) is 0.282. The van der Waals surface area contributed by atoms with E-state index in [0.717, 1.165) is 0 Å². The number of Topliss-reactive ketones (excluding diaryl/α,β-unsaturated/α-hetero) is 1. The van der Waals surface area contributed by atoms with Crippen LogP contribution in [0, 0.1) is 5.41 Å². The molecule has 1 aromatic carbocycles. The van der Waals surface area contributed by atoms with Gasteiger partial charge in [0.15, 0.2) is 11.5 Å². The van der Waals surface area contributed by atoms with Gasteiger partial charge in [-0.15, -0.1) is 0 Å². The Kier molecular flexibility index (Phi) is 10.9. The molecule has 14 heteroatoms. The summed E-state index contributed by atoms with van der Waals surface area (Å²) in [6.45, 7) is 5.83. The van der Waals surface area contributed by atoms with E-state index in [9.17, 15) is 24.3 Å². The average molecular weight is 637 g/mol. The van der Waals surface area contributed by atoms with Crippen molar-refractivity contribution < 1.29 is 38.5 Å². The molecular formula is C32H40N6O8. The Morgan fingerprint density at radius 1 is 1.00 bits per heavy atom. The van der Waals surface area contributed by atoms with Crippen LogP contribution in [-0.4, -0.2) is 93.3 Å². The van der Waals surface area contributed by atoms with Gasteiger partial charge in [-0.3, -0.25) is 19.2 Å². The third kappa shape index (κ3) is 8.58. The van der Waals surface area contributed by atoms with Gasteiger partial charge in [0.05, 0.1) is 26.0 Å². The molecular weight excluding hydrogens is 596 g/mol. The highest BCUT2D eigenvalue weighted by molar-refractivity contribution is 5.96. The summed E-state index contributed by atoms with van der Waals surface area (Å²) in [7, 11) is 3.01. The number of amides is 2. The van der Waals surface area contributed by atoms with Crippen LogP contribution in [0.2, 0.25) is 0 Å². The van der Waals surface area contributed by atoms with E-state index in [1.54, 1.807) is 56.0 Å². The van der Waals surface area contributed by atoms with Gasteiger partial charge in [-0.2, -0.15) is 15.1 Å². The summed E-state index contributed by atoms with van der Waals surface area (Å²) < 4.78 is 17.7. The number of benzene rings is 1. The summed E-state index contributed by atoms with van der Waals surface area (Å²) >= 11 is 0. The number of ketones is 1. The Morgan fingerprint density at radius 2 is 1.63 bits per heavy atom. The molecule has 1 aliphatic heterocycles. The number of likely N-dealkylation sites (tertiary alicyclic amines) is 1. The molecule has 2 amide bonds. The first-order valence-electron chi connectivity index (χ1n) is 15.0. The first-order valence-corrected chi connectivity index (χ1v) is 15.0. The fourth-order valence-electron chi connectivity index (χ4n) is 4.84. The number of hydrogen-bond acceptors (Lipinski definition) is 10. The molecule has 0 aliphatic carbocycles. The van der Waals surface area contributed by atoms with Crippen molar-refractivity contribution in [3.8, 4) is 23.3 Å². The lowest BCUT2D eigenvalue weighted by Gasteiger charge is -2.34. The van der Waals surface area contributed by atoms with Crippen LogP contribution in [0.3, 0.4) is 0 Å². The lowest BCUT2D eigenvalue weighted by atomic mass is 9.91. The zero-order valence-corrected chi connectivity index (χ0v) is 26.7. The molecule has 0 bridgehead atoms. The van der Waals surface area contributed by atoms with Gasteiger partial charge in [0, 0.05) is 36.9 Å². The predicted molar refractivity (Wildman–Crippen MR) is 165 cm³/mol. The summed E-state index contributed by atoms with van der Waals surface area (Å²) in [6.07, 6.45) is 0.666. The highest BCUT2D eigenvalue weighted by Crippen LogP contribution is 2.29. The van der Waals surface area contributed by atoms with E-state index in [-0.39, 0.29) is 42.7 Å². The van der Waals surface area contributed by atoms with Gasteiger partial charge >= 0.3 is 5.97 Å². The van der Waals surface area contributed by atoms with Crippen molar-refractivity contribution >= 4 is 23.6 Å². The van der Waals surface area contributed by atoms with Crippen LogP contribution in [0.4, 0.5) is 0 Å². The number of hydrogen-bond donors (Lipinski definition) is 2. The number of aromatic nitrogens is 4. The molecule has 0 radical (unpaired) electrons. The number of aliphatic carboxylic acids is 1. The number of piperidine rings is 1. The van der Waals surface area contributed by atoms with Crippen LogP contribution < -0.4 is 19.5 Å². The maximum absolute atomic E-state index is 13.6. The number of methoxy groups -OCH3 is 2. The van der Waals surface area contributed by atoms with E-state index < -0.39 is 29.2 Å². The number of carbonyl (C=O) groups excluding carboxylic acids is 3. The Hall–Kier alpha value is -5.01. The van der Waals surface area contributed by atoms with Crippen molar-refractivity contribution in [2.45, 2.75) is 58.4 Å². The minimum Gasteiger partial charge on any atom is -0.481 e. The standard InChI is InChI=1S/C32H40N6O8/c1-32(2,3)24(39)19-46-27-17-23(36-38(27)21-9-7-6-8-10-21)30(42)33-22(11-12-28(40)41)31(43)37-15-13-20(14-16-37)29-34-25(44-4)18-26(35-29)45-5/h6-10,17-18,20,22H,11-16,19H2,1-5H3,(H,33,42)(H,40,41). The predicted octanol–water partition coefficient (Wildman–Crippen LogP) is 3.04. The highest BCUT2D eigenvalue weighted by atomic mass is 16.5. The van der Waals surface area contributed by atoms with Crippen molar-refractivity contribution in [1.82, 2.24) is 30.0 Å². The molecule has 46 heavy (non-hydrogen) atoms. The second-order valence-electron chi connectivity index (χ2n) is 11.9. The molecule has 4 rings (SSSR count). The van der Waals surface area contributed by atoms with Gasteiger partial charge in [-0.1, -0.05) is 39.0 Å². The number of ether oxygens (including phenoxy) is 3. The summed E-state index contributed by atoms with van der Waals surface area (Å²) in [5.74, 6) is -0.894. The number of rotatable bonds is 13. The third-order valence-electron chi connectivity index (χ3n) is 7.63. The number of carbonyl (C=O) groups is 4. The maximum atomic E-state index is 13.6. The fraction of sp³-hybridized carbons (Fsp3) is 0.469. The molecule has 1 unspecified atom stereocenters. The lowest BCUT2D eigenvalue weighted by Crippen LogP contribution is -2.50. The fourth-order valence-corrected chi connectivity index (χ4v) is 4.84. The number of para-hydroxylation sites is 1. The van der Waals surface area contributed by atoms with Crippen LogP contribution in [0.15, 0.2) is 42.5 Å². The molecule has 1 aliphatic rings. The van der Waals surface area contributed by atoms with E-state index in [1.807, 2.05) is 6.07 Å². The minimum absolute atomic E-state index is 0.0503. The molecule has 14 nitrogen and oxygen atoms in total. The molecule has 2 N–H and O–H groups in total. The Bertz CT molecular complexity index is 1520. The number of carboxylic acids is 1. The Labute approximate surface area is 267 Å². The van der Waals surface area contributed by atoms with Crippen molar-refractivity contribution in [2.75, 3.05) is 33.9 Å². The number of carboxylic acid groups (broad SMARTS) is 1. The van der Waals surface area contributed by atoms with Gasteiger partial charge in [0.25, 0.3) is 5.91 Å². The lowest BCUT2D eigenvalue weighted by molar-refractivity contribution is -0.138. The second-order valence-corrected chi connectivity index (χ2v) is 11.9. The summed E-state index contributed by atoms with van der Waals surface area (Å²) in [4.78, 5) is 61.6. The Morgan fingerprint density at radius 3 is 2.20 bits per heavy atom. The normalized spacial score (nSPS) is 14.3. The van der Waals surface area contributed by atoms with E-state index in [0.29, 0.717) is 49.2 Å². The monoisotopic (exact) mass is 636 g/mol. The van der Waals surface area contributed by atoms with Crippen molar-refractivity contribution in [1.29, 1.82) is 0 Å². The molecule has 0 saturated carbocycles. The Balaban J connectivity index is 1.50. The van der Waals surface area contributed by atoms with E-state index in [1.165, 1.54) is 25.0 Å². The molecule has 2 aromatic heterocycles. The van der Waals surface area contributed by atoms with Crippen molar-refractivity contribution in [2.24, 2.45) is 5.41 Å². The summed E-state index contributed by atoms with van der Waals surface area (Å²) in [6, 6.07) is 10.8. The SMILES string of the molecule is COc1cc(OC)nc(C2CCN(C(=O)C(CCC(=O)O)NC(=O)c3cc(OCC(=O)C(C)(C)C)n(-c4ccccc4)n3)CC2)n1. The van der Waals surface area contributed by atoms with Gasteiger partial charge in [-0.05, 0) is 31.4 Å². The van der Waals surface area contributed by atoms with E-state index >= 15 is 0 Å². The van der Waals surface area contributed by atoms with Crippen LogP contribution >= 0.6 is 0 Å². The molecule has 3 aromatic rings. The third-order valence-corrected chi connectivity index (χ3v) is 7.63. The van der Waals surface area contributed by atoms with Crippen LogP contribution in [0.5, 0.6) is 17.6 Å². The highest BCUT2D eigenvalue weighted by Gasteiger charge is 2.32. The topological polar surface area (TPSA) is 175 Å². The van der Waals surface area contributed by atoms with Gasteiger partial charge in [0.2, 0.25) is 23.5 Å². The number of nitrogens with one attached hydrogen (secondary N) is 1. The molecule has 3 heterocycles. The number of nitrogens with zero attached hydrogens (tertiary/aromatic N) is 5. The molecule has 1 atom stereocenters. The first-order chi connectivity index (χ1) is 21.9. The summed E-state index contributed by atoms with van der Waals surface area (Å²) in [5, 5.41) is 16.4. The minimum atomic E-state index is -1.11. The zero-order valence-electron chi connectivity index (χ0n) is 26.7. The molecule has 1 saturated heterocycles. The first kappa shape index (κ1) is 33.9. The average Bonchev–Trinajstić information content (AvgIpc) is 3.49. The van der Waals surface area contributed by atoms with Crippen LogP contribution in [0.1, 0.15) is 68.7 Å². The van der Waals surface area contributed by atoms with Gasteiger partial charge in [-0.25, -0.2) is 4.68 Å². The second kappa shape index (κ2) is 14.8. The smallest absolute Gasteiger partial charge is 0.303 e. The zero-order chi connectivity index (χ0) is 33.4. The molecule has 0 spiro atoms. The maximum Gasteiger partial charge on any atom is 0.303 e. The van der Waals surface area contributed by atoms with E-state index in [2.05, 4.69) is 20.4 Å².